The fraction of sp³-hybridized carbons (Fsp3) is 0.643. The Morgan fingerprint density at radius 1 is 1.63 bits per heavy atom. The number of hydrogen-bond acceptors (Lipinski definition) is 4. The van der Waals surface area contributed by atoms with Gasteiger partial charge in [-0.1, -0.05) is 6.92 Å². The van der Waals surface area contributed by atoms with E-state index in [2.05, 4.69) is 11.1 Å². The first-order valence-electron chi connectivity index (χ1n) is 6.66. The van der Waals surface area contributed by atoms with Crippen molar-refractivity contribution >= 4 is 5.91 Å². The molecular weight excluding hydrogens is 242 g/mol. The van der Waals surface area contributed by atoms with E-state index < -0.39 is 5.41 Å². The first-order chi connectivity index (χ1) is 8.99. The van der Waals surface area contributed by atoms with Crippen molar-refractivity contribution in [3.8, 4) is 6.07 Å². The van der Waals surface area contributed by atoms with Gasteiger partial charge in [-0.05, 0) is 26.7 Å². The second-order valence-electron chi connectivity index (χ2n) is 5.38. The Kier molecular flexibility index (Phi) is 3.61. The van der Waals surface area contributed by atoms with Crippen LogP contribution in [0, 0.1) is 23.7 Å². The van der Waals surface area contributed by atoms with Crippen LogP contribution in [0.3, 0.4) is 0 Å². The highest BCUT2D eigenvalue weighted by Gasteiger charge is 2.35. The molecule has 1 amide bonds. The van der Waals surface area contributed by atoms with Crippen molar-refractivity contribution in [1.29, 1.82) is 5.26 Å². The minimum absolute atomic E-state index is 0.147. The Balaban J connectivity index is 2.20. The highest BCUT2D eigenvalue weighted by Crippen LogP contribution is 2.29. The third kappa shape index (κ3) is 2.62. The smallest absolute Gasteiger partial charge is 0.291 e. The summed E-state index contributed by atoms with van der Waals surface area (Å²) in [4.78, 5) is 18.4. The van der Waals surface area contributed by atoms with Gasteiger partial charge in [-0.25, -0.2) is 4.98 Å². The molecule has 1 unspecified atom stereocenters. The molecule has 2 rings (SSSR count). The number of amides is 1. The second kappa shape index (κ2) is 5.04. The highest BCUT2D eigenvalue weighted by molar-refractivity contribution is 5.92. The maximum absolute atomic E-state index is 12.4. The maximum Gasteiger partial charge on any atom is 0.291 e. The molecule has 1 aromatic rings. The van der Waals surface area contributed by atoms with Gasteiger partial charge >= 0.3 is 0 Å². The summed E-state index contributed by atoms with van der Waals surface area (Å²) in [5.41, 5.74) is 0.182. The van der Waals surface area contributed by atoms with Crippen molar-refractivity contribution in [3.63, 3.8) is 0 Å². The van der Waals surface area contributed by atoms with Gasteiger partial charge in [-0.3, -0.25) is 4.79 Å². The van der Waals surface area contributed by atoms with E-state index in [1.807, 2.05) is 13.8 Å². The lowest BCUT2D eigenvalue weighted by Crippen LogP contribution is -2.44. The molecule has 0 aliphatic carbocycles. The van der Waals surface area contributed by atoms with E-state index in [9.17, 15) is 10.1 Å². The number of aryl methyl sites for hydroxylation is 2. The van der Waals surface area contributed by atoms with Crippen LogP contribution in [0.4, 0.5) is 0 Å². The van der Waals surface area contributed by atoms with Crippen LogP contribution < -0.4 is 0 Å². The molecule has 1 fully saturated rings. The predicted molar refractivity (Wildman–Crippen MR) is 69.5 cm³/mol. The van der Waals surface area contributed by atoms with Crippen LogP contribution in [0.25, 0.3) is 0 Å². The lowest BCUT2D eigenvalue weighted by molar-refractivity contribution is 0.0595. The predicted octanol–water partition coefficient (Wildman–Crippen LogP) is 2.31. The molecule has 5 nitrogen and oxygen atoms in total. The highest BCUT2D eigenvalue weighted by atomic mass is 16.4. The minimum atomic E-state index is -0.449. The number of carbonyl (C=O) groups excluding carboxylic acids is 1. The summed E-state index contributed by atoms with van der Waals surface area (Å²) < 4.78 is 5.50. The maximum atomic E-state index is 12.4. The molecule has 102 valence electrons. The molecule has 1 aliphatic heterocycles. The number of hydrogen-bond donors (Lipinski definition) is 0. The standard InChI is InChI=1S/C14H19N3O2/c1-4-11-16-10(2)12(19-11)13(18)17-7-5-6-14(3,8-15)9-17/h4-7,9H2,1-3H3. The number of aromatic nitrogens is 1. The number of likely N-dealkylation sites (tertiary alicyclic amines) is 1. The van der Waals surface area contributed by atoms with Crippen molar-refractivity contribution in [2.75, 3.05) is 13.1 Å². The number of piperidine rings is 1. The van der Waals surface area contributed by atoms with E-state index in [1.54, 1.807) is 11.8 Å². The topological polar surface area (TPSA) is 70.1 Å². The Morgan fingerprint density at radius 3 is 2.95 bits per heavy atom. The molecule has 0 N–H and O–H groups in total. The lowest BCUT2D eigenvalue weighted by Gasteiger charge is -2.35. The number of nitrogens with zero attached hydrogens (tertiary/aromatic N) is 3. The van der Waals surface area contributed by atoms with Crippen molar-refractivity contribution in [1.82, 2.24) is 9.88 Å². The monoisotopic (exact) mass is 261 g/mol. The molecule has 1 saturated heterocycles. The second-order valence-corrected chi connectivity index (χ2v) is 5.38. The summed E-state index contributed by atoms with van der Waals surface area (Å²) in [6.45, 7) is 6.76. The minimum Gasteiger partial charge on any atom is -0.435 e. The molecular formula is C14H19N3O2. The van der Waals surface area contributed by atoms with E-state index in [0.29, 0.717) is 36.9 Å². The third-order valence-electron chi connectivity index (χ3n) is 3.59. The molecule has 0 saturated carbocycles. The lowest BCUT2D eigenvalue weighted by atomic mass is 9.83. The third-order valence-corrected chi connectivity index (χ3v) is 3.59. The summed E-state index contributed by atoms with van der Waals surface area (Å²) in [5.74, 6) is 0.755. The van der Waals surface area contributed by atoms with Crippen LogP contribution in [0.5, 0.6) is 0 Å². The van der Waals surface area contributed by atoms with Crippen LogP contribution in [-0.2, 0) is 6.42 Å². The average Bonchev–Trinajstić information content (AvgIpc) is 2.79. The zero-order valence-electron chi connectivity index (χ0n) is 11.7. The van der Waals surface area contributed by atoms with Gasteiger partial charge in [0.2, 0.25) is 5.76 Å². The Hall–Kier alpha value is -1.83. The summed E-state index contributed by atoms with van der Waals surface area (Å²) in [7, 11) is 0. The molecule has 0 radical (unpaired) electrons. The van der Waals surface area contributed by atoms with Crippen LogP contribution in [0.15, 0.2) is 4.42 Å². The van der Waals surface area contributed by atoms with E-state index in [1.165, 1.54) is 0 Å². The first kappa shape index (κ1) is 13.6. The molecule has 19 heavy (non-hydrogen) atoms. The quantitative estimate of drug-likeness (QED) is 0.819. The van der Waals surface area contributed by atoms with Gasteiger partial charge in [0.15, 0.2) is 5.89 Å². The normalized spacial score (nSPS) is 23.2. The van der Waals surface area contributed by atoms with Gasteiger partial charge in [-0.15, -0.1) is 0 Å². The van der Waals surface area contributed by atoms with Crippen molar-refractivity contribution < 1.29 is 9.21 Å². The SMILES string of the molecule is CCc1nc(C)c(C(=O)N2CCCC(C)(C#N)C2)o1. The van der Waals surface area contributed by atoms with Crippen molar-refractivity contribution in [2.24, 2.45) is 5.41 Å². The zero-order chi connectivity index (χ0) is 14.0. The zero-order valence-corrected chi connectivity index (χ0v) is 11.7. The average molecular weight is 261 g/mol. The van der Waals surface area contributed by atoms with Gasteiger partial charge in [-0.2, -0.15) is 5.26 Å². The van der Waals surface area contributed by atoms with Gasteiger partial charge in [0.1, 0.15) is 0 Å². The molecule has 0 spiro atoms. The number of oxazole rings is 1. The number of rotatable bonds is 2. The molecule has 1 atom stereocenters. The number of carbonyl (C=O) groups is 1. The van der Waals surface area contributed by atoms with Gasteiger partial charge in [0.05, 0.1) is 17.2 Å². The van der Waals surface area contributed by atoms with E-state index in [0.717, 1.165) is 12.8 Å². The van der Waals surface area contributed by atoms with Crippen LogP contribution in [0.2, 0.25) is 0 Å². The molecule has 2 heterocycles. The van der Waals surface area contributed by atoms with Gasteiger partial charge in [0, 0.05) is 19.5 Å². The van der Waals surface area contributed by atoms with E-state index >= 15 is 0 Å². The summed E-state index contributed by atoms with van der Waals surface area (Å²) in [5, 5.41) is 9.19. The van der Waals surface area contributed by atoms with Gasteiger partial charge in [0.25, 0.3) is 5.91 Å². The molecule has 1 aliphatic rings. The first-order valence-corrected chi connectivity index (χ1v) is 6.66. The fourth-order valence-corrected chi connectivity index (χ4v) is 2.45. The Labute approximate surface area is 113 Å². The van der Waals surface area contributed by atoms with Crippen LogP contribution >= 0.6 is 0 Å². The van der Waals surface area contributed by atoms with E-state index in [-0.39, 0.29) is 5.91 Å². The molecule has 0 aromatic carbocycles. The van der Waals surface area contributed by atoms with Crippen LogP contribution in [-0.4, -0.2) is 28.9 Å². The Morgan fingerprint density at radius 2 is 2.37 bits per heavy atom. The van der Waals surface area contributed by atoms with Gasteiger partial charge < -0.3 is 9.32 Å². The summed E-state index contributed by atoms with van der Waals surface area (Å²) >= 11 is 0. The van der Waals surface area contributed by atoms with E-state index in [4.69, 9.17) is 4.42 Å². The summed E-state index contributed by atoms with van der Waals surface area (Å²) in [6.07, 6.45) is 2.36. The largest absolute Gasteiger partial charge is 0.435 e. The summed E-state index contributed by atoms with van der Waals surface area (Å²) in [6, 6.07) is 2.31. The molecule has 5 heteroatoms. The fourth-order valence-electron chi connectivity index (χ4n) is 2.45. The molecule has 1 aromatic heterocycles. The van der Waals surface area contributed by atoms with Crippen molar-refractivity contribution in [2.45, 2.75) is 40.0 Å². The van der Waals surface area contributed by atoms with Crippen LogP contribution in [0.1, 0.15) is 48.8 Å². The van der Waals surface area contributed by atoms with Crippen molar-refractivity contribution in [3.05, 3.63) is 17.3 Å². The molecule has 0 bridgehead atoms. The Bertz CT molecular complexity index is 529. The number of nitriles is 1.